The SMILES string of the molecule is CCCCCC(=O)NNCC(=O)NCC(=O)NCCCC(OC)OC(c1ccccc1)(c1ccccc1)c1ccc(OC)cc1. The number of methoxy groups -OCH3 is 2. The molecule has 242 valence electrons. The van der Waals surface area contributed by atoms with E-state index in [-0.39, 0.29) is 24.9 Å². The molecule has 45 heavy (non-hydrogen) atoms. The lowest BCUT2D eigenvalue weighted by Crippen LogP contribution is -2.46. The fraction of sp³-hybridized carbons (Fsp3) is 0.400. The number of hydrogen-bond acceptors (Lipinski definition) is 7. The highest BCUT2D eigenvalue weighted by atomic mass is 16.7. The van der Waals surface area contributed by atoms with Crippen LogP contribution in [0.2, 0.25) is 0 Å². The molecule has 0 saturated heterocycles. The Hall–Kier alpha value is -4.25. The molecule has 10 nitrogen and oxygen atoms in total. The first-order valence-corrected chi connectivity index (χ1v) is 15.4. The summed E-state index contributed by atoms with van der Waals surface area (Å²) in [5.74, 6) is -0.141. The number of rotatable bonds is 20. The van der Waals surface area contributed by atoms with Crippen molar-refractivity contribution in [2.75, 3.05) is 33.9 Å². The molecule has 3 aromatic rings. The van der Waals surface area contributed by atoms with Gasteiger partial charge >= 0.3 is 0 Å². The van der Waals surface area contributed by atoms with Crippen LogP contribution in [-0.2, 0) is 29.5 Å². The Balaban J connectivity index is 1.57. The van der Waals surface area contributed by atoms with E-state index in [1.807, 2.05) is 84.9 Å². The second kappa shape index (κ2) is 19.2. The molecule has 3 rings (SSSR count). The zero-order chi connectivity index (χ0) is 32.3. The lowest BCUT2D eigenvalue weighted by Gasteiger charge is -2.38. The maximum absolute atomic E-state index is 12.3. The van der Waals surface area contributed by atoms with Crippen LogP contribution in [0.1, 0.15) is 62.1 Å². The van der Waals surface area contributed by atoms with Gasteiger partial charge in [0.15, 0.2) is 6.29 Å². The molecule has 1 unspecified atom stereocenters. The molecule has 10 heteroatoms. The third-order valence-electron chi connectivity index (χ3n) is 7.30. The van der Waals surface area contributed by atoms with Crippen molar-refractivity contribution in [1.82, 2.24) is 21.5 Å². The van der Waals surface area contributed by atoms with Gasteiger partial charge in [0.25, 0.3) is 0 Å². The summed E-state index contributed by atoms with van der Waals surface area (Å²) >= 11 is 0. The number of benzene rings is 3. The lowest BCUT2D eigenvalue weighted by molar-refractivity contribution is -0.179. The summed E-state index contributed by atoms with van der Waals surface area (Å²) in [6, 6.07) is 27.8. The Kier molecular flexibility index (Phi) is 15.0. The van der Waals surface area contributed by atoms with E-state index in [4.69, 9.17) is 14.2 Å². The van der Waals surface area contributed by atoms with Crippen LogP contribution < -0.4 is 26.2 Å². The van der Waals surface area contributed by atoms with E-state index in [0.29, 0.717) is 25.8 Å². The van der Waals surface area contributed by atoms with E-state index < -0.39 is 17.8 Å². The smallest absolute Gasteiger partial charge is 0.239 e. The number of hydrogen-bond donors (Lipinski definition) is 4. The minimum atomic E-state index is -0.980. The predicted octanol–water partition coefficient (Wildman–Crippen LogP) is 4.19. The van der Waals surface area contributed by atoms with Crippen LogP contribution in [-0.4, -0.2) is 57.9 Å². The van der Waals surface area contributed by atoms with Gasteiger partial charge in [-0.05, 0) is 41.7 Å². The topological polar surface area (TPSA) is 127 Å². The van der Waals surface area contributed by atoms with Crippen LogP contribution in [0.15, 0.2) is 84.9 Å². The summed E-state index contributed by atoms with van der Waals surface area (Å²) in [6.45, 7) is 2.14. The summed E-state index contributed by atoms with van der Waals surface area (Å²) in [7, 11) is 3.24. The Bertz CT molecular complexity index is 1270. The zero-order valence-electron chi connectivity index (χ0n) is 26.5. The summed E-state index contributed by atoms with van der Waals surface area (Å²) in [5, 5.41) is 5.36. The van der Waals surface area contributed by atoms with E-state index in [0.717, 1.165) is 41.7 Å². The van der Waals surface area contributed by atoms with Crippen LogP contribution >= 0.6 is 0 Å². The largest absolute Gasteiger partial charge is 0.497 e. The van der Waals surface area contributed by atoms with Crippen molar-refractivity contribution in [3.63, 3.8) is 0 Å². The van der Waals surface area contributed by atoms with Gasteiger partial charge in [-0.1, -0.05) is 92.6 Å². The maximum atomic E-state index is 12.3. The maximum Gasteiger partial charge on any atom is 0.239 e. The second-order valence-corrected chi connectivity index (χ2v) is 10.6. The summed E-state index contributed by atoms with van der Waals surface area (Å²) in [5.41, 5.74) is 6.90. The Labute approximate surface area is 266 Å². The van der Waals surface area contributed by atoms with Crippen LogP contribution in [0.5, 0.6) is 5.75 Å². The molecule has 0 radical (unpaired) electrons. The summed E-state index contributed by atoms with van der Waals surface area (Å²) in [6.07, 6.45) is 3.69. The number of amides is 3. The van der Waals surface area contributed by atoms with Gasteiger partial charge < -0.3 is 24.8 Å². The highest BCUT2D eigenvalue weighted by Gasteiger charge is 2.40. The molecule has 0 aliphatic rings. The van der Waals surface area contributed by atoms with E-state index in [1.165, 1.54) is 0 Å². The number of carbonyl (C=O) groups is 3. The van der Waals surface area contributed by atoms with Crippen molar-refractivity contribution in [3.05, 3.63) is 102 Å². The summed E-state index contributed by atoms with van der Waals surface area (Å²) in [4.78, 5) is 36.1. The van der Waals surface area contributed by atoms with Crippen molar-refractivity contribution in [2.45, 2.75) is 57.3 Å². The first kappa shape index (κ1) is 35.2. The van der Waals surface area contributed by atoms with Gasteiger partial charge in [0.2, 0.25) is 17.7 Å². The third-order valence-corrected chi connectivity index (χ3v) is 7.30. The quantitative estimate of drug-likeness (QED) is 0.0648. The molecule has 1 atom stereocenters. The number of unbranched alkanes of at least 4 members (excludes halogenated alkanes) is 2. The van der Waals surface area contributed by atoms with Gasteiger partial charge in [0.05, 0.1) is 20.2 Å². The van der Waals surface area contributed by atoms with Gasteiger partial charge in [-0.25, -0.2) is 5.43 Å². The average Bonchev–Trinajstić information content (AvgIpc) is 3.08. The zero-order valence-corrected chi connectivity index (χ0v) is 26.5. The first-order valence-electron chi connectivity index (χ1n) is 15.4. The van der Waals surface area contributed by atoms with Gasteiger partial charge in [0.1, 0.15) is 11.4 Å². The highest BCUT2D eigenvalue weighted by molar-refractivity contribution is 5.85. The van der Waals surface area contributed by atoms with Crippen molar-refractivity contribution >= 4 is 17.7 Å². The molecule has 0 spiro atoms. The number of hydrazine groups is 1. The van der Waals surface area contributed by atoms with Gasteiger partial charge in [-0.15, -0.1) is 0 Å². The van der Waals surface area contributed by atoms with E-state index >= 15 is 0 Å². The number of nitrogens with one attached hydrogen (secondary N) is 4. The molecule has 3 aromatic carbocycles. The fourth-order valence-electron chi connectivity index (χ4n) is 4.92. The molecule has 0 aromatic heterocycles. The Morgan fingerprint density at radius 1 is 0.711 bits per heavy atom. The molecular formula is C35H46N4O6. The Morgan fingerprint density at radius 2 is 1.31 bits per heavy atom. The molecule has 3 amide bonds. The normalized spacial score (nSPS) is 11.8. The lowest BCUT2D eigenvalue weighted by atomic mass is 9.80. The van der Waals surface area contributed by atoms with Gasteiger partial charge in [-0.3, -0.25) is 19.8 Å². The van der Waals surface area contributed by atoms with Crippen molar-refractivity contribution in [1.29, 1.82) is 0 Å². The predicted molar refractivity (Wildman–Crippen MR) is 173 cm³/mol. The average molecular weight is 619 g/mol. The molecule has 0 fully saturated rings. The minimum Gasteiger partial charge on any atom is -0.497 e. The molecule has 0 heterocycles. The van der Waals surface area contributed by atoms with Crippen molar-refractivity contribution in [2.24, 2.45) is 0 Å². The fourth-order valence-corrected chi connectivity index (χ4v) is 4.92. The number of ether oxygens (including phenoxy) is 3. The highest BCUT2D eigenvalue weighted by Crippen LogP contribution is 2.42. The molecular weight excluding hydrogens is 572 g/mol. The van der Waals surface area contributed by atoms with Gasteiger partial charge in [-0.2, -0.15) is 0 Å². The Morgan fingerprint density at radius 3 is 1.89 bits per heavy atom. The molecule has 4 N–H and O–H groups in total. The number of carbonyl (C=O) groups excluding carboxylic acids is 3. The molecule has 0 saturated carbocycles. The molecule has 0 aliphatic heterocycles. The molecule has 0 aliphatic carbocycles. The van der Waals surface area contributed by atoms with Crippen LogP contribution in [0.3, 0.4) is 0 Å². The minimum absolute atomic E-state index is 0.127. The van der Waals surface area contributed by atoms with Crippen molar-refractivity contribution in [3.8, 4) is 5.75 Å². The van der Waals surface area contributed by atoms with Gasteiger partial charge in [0, 0.05) is 26.5 Å². The second-order valence-electron chi connectivity index (χ2n) is 10.6. The van der Waals surface area contributed by atoms with E-state index in [9.17, 15) is 14.4 Å². The standard InChI is InChI=1S/C35H46N4O6/c1-4-5-8-18-31(40)39-38-26-33(42)37-25-32(41)36-24-13-19-34(44-3)45-35(27-14-9-6-10-15-27,28-16-11-7-12-17-28)29-20-22-30(43-2)23-21-29/h6-7,9-12,14-17,20-23,34,38H,4-5,8,13,18-19,24-26H2,1-3H3,(H,36,41)(H,37,42)(H,39,40). The van der Waals surface area contributed by atoms with Crippen LogP contribution in [0.4, 0.5) is 0 Å². The third kappa shape index (κ3) is 11.0. The monoisotopic (exact) mass is 618 g/mol. The van der Waals surface area contributed by atoms with E-state index in [2.05, 4.69) is 28.4 Å². The van der Waals surface area contributed by atoms with Crippen LogP contribution in [0, 0.1) is 0 Å². The van der Waals surface area contributed by atoms with Crippen LogP contribution in [0.25, 0.3) is 0 Å². The first-order chi connectivity index (χ1) is 21.9. The van der Waals surface area contributed by atoms with E-state index in [1.54, 1.807) is 14.2 Å². The van der Waals surface area contributed by atoms with Crippen molar-refractivity contribution < 1.29 is 28.6 Å². The summed E-state index contributed by atoms with van der Waals surface area (Å²) < 4.78 is 18.2. The molecule has 0 bridgehead atoms.